The summed E-state index contributed by atoms with van der Waals surface area (Å²) in [5, 5.41) is 2.74. The van der Waals surface area contributed by atoms with Gasteiger partial charge in [-0.2, -0.15) is 0 Å². The minimum atomic E-state index is -0.684. The number of hydrogen-bond acceptors (Lipinski definition) is 4. The van der Waals surface area contributed by atoms with Crippen molar-refractivity contribution in [1.82, 2.24) is 10.2 Å². The first-order chi connectivity index (χ1) is 9.74. The van der Waals surface area contributed by atoms with Gasteiger partial charge >= 0.3 is 0 Å². The molecule has 1 unspecified atom stereocenters. The van der Waals surface area contributed by atoms with E-state index in [1.807, 2.05) is 12.1 Å². The van der Waals surface area contributed by atoms with Gasteiger partial charge in [0.1, 0.15) is 6.61 Å². The molecule has 1 atom stereocenters. The molecule has 2 heterocycles. The largest absolute Gasteiger partial charge is 0.485 e. The number of para-hydroxylation sites is 2. The molecule has 2 amide bonds. The van der Waals surface area contributed by atoms with E-state index in [1.54, 1.807) is 12.1 Å². The Balaban J connectivity index is 1.70. The molecule has 0 radical (unpaired) electrons. The Labute approximate surface area is 116 Å². The first-order valence-corrected chi connectivity index (χ1v) is 6.68. The summed E-state index contributed by atoms with van der Waals surface area (Å²) in [5.74, 6) is 0.881. The molecule has 0 aromatic heterocycles. The number of carbonyl (C=O) groups is 2. The van der Waals surface area contributed by atoms with Crippen LogP contribution < -0.4 is 14.8 Å². The number of benzene rings is 1. The fraction of sp³-hybridized carbons (Fsp3) is 0.429. The molecule has 106 valence electrons. The van der Waals surface area contributed by atoms with Crippen LogP contribution in [0.2, 0.25) is 0 Å². The topological polar surface area (TPSA) is 67.9 Å². The molecule has 1 N–H and O–H groups in total. The van der Waals surface area contributed by atoms with Gasteiger partial charge < -0.3 is 19.7 Å². The fourth-order valence-corrected chi connectivity index (χ4v) is 2.34. The van der Waals surface area contributed by atoms with E-state index in [-0.39, 0.29) is 25.0 Å². The normalized spacial score (nSPS) is 21.9. The Kier molecular flexibility index (Phi) is 3.45. The molecule has 1 aromatic carbocycles. The van der Waals surface area contributed by atoms with Crippen LogP contribution in [0.15, 0.2) is 24.3 Å². The van der Waals surface area contributed by atoms with E-state index >= 15 is 0 Å². The van der Waals surface area contributed by atoms with Crippen LogP contribution in [-0.2, 0) is 9.59 Å². The highest BCUT2D eigenvalue weighted by Gasteiger charge is 2.32. The predicted molar refractivity (Wildman–Crippen MR) is 70.6 cm³/mol. The standard InChI is InChI=1S/C14H16N2O4/c17-13-8-16(7-3-6-15-13)14(18)12-9-19-10-4-1-2-5-11(10)20-12/h1-2,4-5,12H,3,6-9H2,(H,15,17). The summed E-state index contributed by atoms with van der Waals surface area (Å²) in [6, 6.07) is 7.25. The maximum atomic E-state index is 12.4. The van der Waals surface area contributed by atoms with Crippen LogP contribution in [-0.4, -0.2) is 49.1 Å². The van der Waals surface area contributed by atoms with Gasteiger partial charge in [-0.25, -0.2) is 0 Å². The number of amides is 2. The van der Waals surface area contributed by atoms with Crippen molar-refractivity contribution in [3.8, 4) is 11.5 Å². The van der Waals surface area contributed by atoms with E-state index in [9.17, 15) is 9.59 Å². The van der Waals surface area contributed by atoms with E-state index in [0.717, 1.165) is 6.42 Å². The van der Waals surface area contributed by atoms with Crippen molar-refractivity contribution >= 4 is 11.8 Å². The number of fused-ring (bicyclic) bond motifs is 1. The maximum Gasteiger partial charge on any atom is 0.267 e. The lowest BCUT2D eigenvalue weighted by Gasteiger charge is -2.29. The second-order valence-electron chi connectivity index (χ2n) is 4.83. The predicted octanol–water partition coefficient (Wildman–Crippen LogP) is 0.175. The van der Waals surface area contributed by atoms with Crippen LogP contribution >= 0.6 is 0 Å². The van der Waals surface area contributed by atoms with E-state index < -0.39 is 6.10 Å². The van der Waals surface area contributed by atoms with Gasteiger partial charge in [-0.05, 0) is 18.6 Å². The molecular formula is C14H16N2O4. The lowest BCUT2D eigenvalue weighted by molar-refractivity contribution is -0.143. The van der Waals surface area contributed by atoms with Gasteiger partial charge in [0.15, 0.2) is 11.5 Å². The van der Waals surface area contributed by atoms with E-state index in [4.69, 9.17) is 9.47 Å². The first kappa shape index (κ1) is 12.8. The Morgan fingerprint density at radius 3 is 2.95 bits per heavy atom. The van der Waals surface area contributed by atoms with Crippen molar-refractivity contribution in [3.63, 3.8) is 0 Å². The molecule has 1 saturated heterocycles. The van der Waals surface area contributed by atoms with Gasteiger partial charge in [0, 0.05) is 13.1 Å². The quantitative estimate of drug-likeness (QED) is 0.794. The average Bonchev–Trinajstić information content (AvgIpc) is 2.70. The van der Waals surface area contributed by atoms with Crippen molar-refractivity contribution in [2.45, 2.75) is 12.5 Å². The van der Waals surface area contributed by atoms with Crippen LogP contribution in [0.1, 0.15) is 6.42 Å². The first-order valence-electron chi connectivity index (χ1n) is 6.68. The summed E-state index contributed by atoms with van der Waals surface area (Å²) < 4.78 is 11.2. The minimum absolute atomic E-state index is 0.0837. The molecule has 6 heteroatoms. The summed E-state index contributed by atoms with van der Waals surface area (Å²) in [5.41, 5.74) is 0. The third-order valence-corrected chi connectivity index (χ3v) is 3.36. The molecule has 2 aliphatic heterocycles. The van der Waals surface area contributed by atoms with Gasteiger partial charge in [0.05, 0.1) is 6.54 Å². The minimum Gasteiger partial charge on any atom is -0.485 e. The Morgan fingerprint density at radius 1 is 1.30 bits per heavy atom. The molecule has 1 fully saturated rings. The van der Waals surface area contributed by atoms with Gasteiger partial charge in [-0.1, -0.05) is 12.1 Å². The summed E-state index contributed by atoms with van der Waals surface area (Å²) in [6.45, 7) is 1.42. The Bertz CT molecular complexity index is 532. The van der Waals surface area contributed by atoms with Gasteiger partial charge in [0.2, 0.25) is 12.0 Å². The molecule has 3 rings (SSSR count). The number of nitrogens with one attached hydrogen (secondary N) is 1. The van der Waals surface area contributed by atoms with Crippen molar-refractivity contribution in [1.29, 1.82) is 0 Å². The second kappa shape index (κ2) is 5.40. The van der Waals surface area contributed by atoms with Crippen molar-refractivity contribution in [3.05, 3.63) is 24.3 Å². The van der Waals surface area contributed by atoms with E-state index in [2.05, 4.69) is 5.32 Å². The SMILES string of the molecule is O=C1CN(C(=O)C2COc3ccccc3O2)CCCN1. The summed E-state index contributed by atoms with van der Waals surface area (Å²) >= 11 is 0. The third-order valence-electron chi connectivity index (χ3n) is 3.36. The number of hydrogen-bond donors (Lipinski definition) is 1. The zero-order valence-corrected chi connectivity index (χ0v) is 11.0. The number of carbonyl (C=O) groups excluding carboxylic acids is 2. The van der Waals surface area contributed by atoms with E-state index in [0.29, 0.717) is 24.6 Å². The zero-order valence-electron chi connectivity index (χ0n) is 11.0. The lowest BCUT2D eigenvalue weighted by Crippen LogP contribution is -2.48. The second-order valence-corrected chi connectivity index (χ2v) is 4.83. The average molecular weight is 276 g/mol. The molecule has 0 saturated carbocycles. The monoisotopic (exact) mass is 276 g/mol. The Morgan fingerprint density at radius 2 is 2.10 bits per heavy atom. The smallest absolute Gasteiger partial charge is 0.267 e. The molecule has 1 aromatic rings. The molecule has 0 spiro atoms. The van der Waals surface area contributed by atoms with Crippen molar-refractivity contribution < 1.29 is 19.1 Å². The molecular weight excluding hydrogens is 260 g/mol. The van der Waals surface area contributed by atoms with Crippen LogP contribution in [0.5, 0.6) is 11.5 Å². The molecule has 6 nitrogen and oxygen atoms in total. The number of nitrogens with zero attached hydrogens (tertiary/aromatic N) is 1. The Hall–Kier alpha value is -2.24. The maximum absolute atomic E-state index is 12.4. The fourth-order valence-electron chi connectivity index (χ4n) is 2.34. The summed E-state index contributed by atoms with van der Waals surface area (Å²) in [4.78, 5) is 25.4. The highest BCUT2D eigenvalue weighted by Crippen LogP contribution is 2.31. The van der Waals surface area contributed by atoms with Crippen LogP contribution in [0, 0.1) is 0 Å². The molecule has 20 heavy (non-hydrogen) atoms. The third kappa shape index (κ3) is 2.54. The number of rotatable bonds is 1. The summed E-state index contributed by atoms with van der Waals surface area (Å²) in [7, 11) is 0. The van der Waals surface area contributed by atoms with Gasteiger partial charge in [0.25, 0.3) is 5.91 Å². The molecule has 0 bridgehead atoms. The highest BCUT2D eigenvalue weighted by atomic mass is 16.6. The highest BCUT2D eigenvalue weighted by molar-refractivity contribution is 5.87. The molecule has 0 aliphatic carbocycles. The van der Waals surface area contributed by atoms with Crippen LogP contribution in [0.4, 0.5) is 0 Å². The lowest BCUT2D eigenvalue weighted by atomic mass is 10.2. The van der Waals surface area contributed by atoms with Crippen LogP contribution in [0.3, 0.4) is 0 Å². The van der Waals surface area contributed by atoms with Gasteiger partial charge in [-0.15, -0.1) is 0 Å². The van der Waals surface area contributed by atoms with Crippen molar-refractivity contribution in [2.75, 3.05) is 26.2 Å². The zero-order chi connectivity index (χ0) is 13.9. The molecule has 2 aliphatic rings. The van der Waals surface area contributed by atoms with E-state index in [1.165, 1.54) is 4.90 Å². The number of ether oxygens (including phenoxy) is 2. The summed E-state index contributed by atoms with van der Waals surface area (Å²) in [6.07, 6.45) is 0.0672. The van der Waals surface area contributed by atoms with Crippen LogP contribution in [0.25, 0.3) is 0 Å². The van der Waals surface area contributed by atoms with Gasteiger partial charge in [-0.3, -0.25) is 9.59 Å². The van der Waals surface area contributed by atoms with Crippen molar-refractivity contribution in [2.24, 2.45) is 0 Å².